The van der Waals surface area contributed by atoms with Gasteiger partial charge in [0, 0.05) is 0 Å². The predicted molar refractivity (Wildman–Crippen MR) is 61.8 cm³/mol. The predicted octanol–water partition coefficient (Wildman–Crippen LogP) is 1.69. The quantitative estimate of drug-likeness (QED) is 0.744. The van der Waals surface area contributed by atoms with Gasteiger partial charge < -0.3 is 15.7 Å². The molecule has 0 saturated heterocycles. The molecule has 4 nitrogen and oxygen atoms in total. The van der Waals surface area contributed by atoms with Crippen LogP contribution in [-0.4, -0.2) is 16.7 Å². The molecule has 0 aliphatic carbocycles. The van der Waals surface area contributed by atoms with E-state index in [4.69, 9.17) is 0 Å². The van der Waals surface area contributed by atoms with Crippen molar-refractivity contribution in [2.45, 2.75) is 5.66 Å². The minimum atomic E-state index is -1.52. The topological polar surface area (TPSA) is 61.4 Å². The highest BCUT2D eigenvalue weighted by atomic mass is 19.1. The molecule has 1 aliphatic rings. The summed E-state index contributed by atoms with van der Waals surface area (Å²) >= 11 is 0. The molecule has 0 radical (unpaired) electrons. The summed E-state index contributed by atoms with van der Waals surface area (Å²) in [6, 6.07) is 5.91. The summed E-state index contributed by atoms with van der Waals surface area (Å²) in [6.07, 6.45) is 6.15. The van der Waals surface area contributed by atoms with Gasteiger partial charge in [-0.1, -0.05) is 18.2 Å². The highest BCUT2D eigenvalue weighted by molar-refractivity contribution is 5.85. The van der Waals surface area contributed by atoms with Crippen LogP contribution in [0.2, 0.25) is 0 Å². The van der Waals surface area contributed by atoms with Gasteiger partial charge in [0.05, 0.1) is 5.69 Å². The van der Waals surface area contributed by atoms with E-state index >= 15 is 0 Å². The smallest absolute Gasteiger partial charge is 0.354 e. The second kappa shape index (κ2) is 4.29. The molecule has 1 atom stereocenters. The summed E-state index contributed by atoms with van der Waals surface area (Å²) in [5.41, 5.74) is -1.39. The lowest BCUT2D eigenvalue weighted by Crippen LogP contribution is -2.55. The van der Waals surface area contributed by atoms with Crippen LogP contribution in [0.25, 0.3) is 0 Å². The van der Waals surface area contributed by atoms with E-state index in [2.05, 4.69) is 10.6 Å². The van der Waals surface area contributed by atoms with Crippen LogP contribution in [-0.2, 0) is 4.79 Å². The molecule has 0 aromatic heterocycles. The molecule has 1 heterocycles. The van der Waals surface area contributed by atoms with Gasteiger partial charge in [0.25, 0.3) is 0 Å². The maximum atomic E-state index is 13.5. The van der Waals surface area contributed by atoms with E-state index in [0.717, 1.165) is 0 Å². The second-order valence-corrected chi connectivity index (χ2v) is 3.58. The molecule has 2 rings (SSSR count). The number of carbonyl (C=O) groups is 1. The molecule has 3 N–H and O–H groups in total. The molecule has 0 spiro atoms. The lowest BCUT2D eigenvalue weighted by Gasteiger charge is -2.30. The molecule has 1 unspecified atom stereocenters. The van der Waals surface area contributed by atoms with Gasteiger partial charge in [0.15, 0.2) is 0 Å². The van der Waals surface area contributed by atoms with E-state index in [1.54, 1.807) is 18.2 Å². The average molecular weight is 234 g/mol. The third kappa shape index (κ3) is 2.13. The van der Waals surface area contributed by atoms with E-state index in [1.165, 1.54) is 30.5 Å². The maximum absolute atomic E-state index is 13.5. The second-order valence-electron chi connectivity index (χ2n) is 3.58. The fourth-order valence-corrected chi connectivity index (χ4v) is 1.52. The van der Waals surface area contributed by atoms with Crippen LogP contribution in [0, 0.1) is 5.82 Å². The summed E-state index contributed by atoms with van der Waals surface area (Å²) in [5.74, 6) is -1.64. The SMILES string of the molecule is O=C(O)C1(Nc2ccccc2F)C=CC=CN1. The number of dihydropyridines is 1. The van der Waals surface area contributed by atoms with Gasteiger partial charge in [-0.15, -0.1) is 0 Å². The Balaban J connectivity index is 2.32. The van der Waals surface area contributed by atoms with Crippen molar-refractivity contribution in [3.63, 3.8) is 0 Å². The van der Waals surface area contributed by atoms with Crippen LogP contribution in [0.1, 0.15) is 0 Å². The molecule has 88 valence electrons. The van der Waals surface area contributed by atoms with E-state index in [9.17, 15) is 14.3 Å². The minimum Gasteiger partial charge on any atom is -0.478 e. The number of carboxylic acid groups (broad SMARTS) is 1. The molecular weight excluding hydrogens is 223 g/mol. The highest BCUT2D eigenvalue weighted by Crippen LogP contribution is 2.20. The zero-order chi connectivity index (χ0) is 12.3. The molecule has 0 saturated carbocycles. The van der Waals surface area contributed by atoms with E-state index < -0.39 is 17.4 Å². The molecule has 0 amide bonds. The highest BCUT2D eigenvalue weighted by Gasteiger charge is 2.36. The number of rotatable bonds is 3. The summed E-state index contributed by atoms with van der Waals surface area (Å²) in [5, 5.41) is 14.5. The number of carboxylic acids is 1. The molecule has 1 aliphatic heterocycles. The van der Waals surface area contributed by atoms with Crippen molar-refractivity contribution in [1.82, 2.24) is 5.32 Å². The number of nitrogens with one attached hydrogen (secondary N) is 2. The Kier molecular flexibility index (Phi) is 2.82. The third-order valence-corrected chi connectivity index (χ3v) is 2.41. The maximum Gasteiger partial charge on any atom is 0.354 e. The number of benzene rings is 1. The monoisotopic (exact) mass is 234 g/mol. The standard InChI is InChI=1S/C12H11FN2O2/c13-9-5-1-2-6-10(9)15-12(11(16)17)7-3-4-8-14-12/h1-8,14-15H,(H,16,17). The fourth-order valence-electron chi connectivity index (χ4n) is 1.52. The zero-order valence-corrected chi connectivity index (χ0v) is 8.85. The lowest BCUT2D eigenvalue weighted by atomic mass is 10.1. The van der Waals surface area contributed by atoms with E-state index in [1.807, 2.05) is 0 Å². The number of halogens is 1. The number of aliphatic carboxylic acids is 1. The lowest BCUT2D eigenvalue weighted by molar-refractivity contribution is -0.141. The Morgan fingerprint density at radius 3 is 2.71 bits per heavy atom. The van der Waals surface area contributed by atoms with Gasteiger partial charge in [-0.25, -0.2) is 9.18 Å². The number of anilines is 1. The van der Waals surface area contributed by atoms with Gasteiger partial charge in [0.2, 0.25) is 5.66 Å². The normalized spacial score (nSPS) is 21.9. The van der Waals surface area contributed by atoms with Crippen molar-refractivity contribution in [3.8, 4) is 0 Å². The molecule has 1 aromatic carbocycles. The van der Waals surface area contributed by atoms with Crippen molar-refractivity contribution < 1.29 is 14.3 Å². The van der Waals surface area contributed by atoms with Gasteiger partial charge in [-0.05, 0) is 30.5 Å². The first-order chi connectivity index (χ1) is 8.14. The largest absolute Gasteiger partial charge is 0.478 e. The summed E-state index contributed by atoms with van der Waals surface area (Å²) in [6.45, 7) is 0. The summed E-state index contributed by atoms with van der Waals surface area (Å²) in [7, 11) is 0. The van der Waals surface area contributed by atoms with Gasteiger partial charge >= 0.3 is 5.97 Å². The summed E-state index contributed by atoms with van der Waals surface area (Å²) < 4.78 is 13.5. The van der Waals surface area contributed by atoms with Crippen molar-refractivity contribution in [1.29, 1.82) is 0 Å². The number of allylic oxidation sites excluding steroid dienone is 2. The zero-order valence-electron chi connectivity index (χ0n) is 8.85. The first-order valence-electron chi connectivity index (χ1n) is 5.02. The van der Waals surface area contributed by atoms with Crippen molar-refractivity contribution >= 4 is 11.7 Å². The molecule has 17 heavy (non-hydrogen) atoms. The molecule has 0 fully saturated rings. The number of hydrogen-bond acceptors (Lipinski definition) is 3. The molecule has 5 heteroatoms. The van der Waals surface area contributed by atoms with Crippen LogP contribution in [0.15, 0.2) is 48.7 Å². The average Bonchev–Trinajstić information content (AvgIpc) is 2.33. The van der Waals surface area contributed by atoms with Crippen LogP contribution >= 0.6 is 0 Å². The van der Waals surface area contributed by atoms with Crippen molar-refractivity contribution in [3.05, 3.63) is 54.5 Å². The Bertz CT molecular complexity index is 499. The summed E-state index contributed by atoms with van der Waals surface area (Å²) in [4.78, 5) is 11.3. The van der Waals surface area contributed by atoms with Gasteiger partial charge in [0.1, 0.15) is 5.82 Å². The van der Waals surface area contributed by atoms with E-state index in [0.29, 0.717) is 0 Å². The van der Waals surface area contributed by atoms with Crippen LogP contribution in [0.4, 0.5) is 10.1 Å². The number of para-hydroxylation sites is 1. The first kappa shape index (κ1) is 11.2. The third-order valence-electron chi connectivity index (χ3n) is 2.41. The van der Waals surface area contributed by atoms with Crippen molar-refractivity contribution in [2.75, 3.05) is 5.32 Å². The Hall–Kier alpha value is -2.30. The van der Waals surface area contributed by atoms with Gasteiger partial charge in [-0.2, -0.15) is 0 Å². The molecular formula is C12H11FN2O2. The van der Waals surface area contributed by atoms with Gasteiger partial charge in [-0.3, -0.25) is 0 Å². The Labute approximate surface area is 97.5 Å². The fraction of sp³-hybridized carbons (Fsp3) is 0.0833. The van der Waals surface area contributed by atoms with Crippen LogP contribution < -0.4 is 10.6 Å². The van der Waals surface area contributed by atoms with Crippen molar-refractivity contribution in [2.24, 2.45) is 0 Å². The molecule has 1 aromatic rings. The first-order valence-corrected chi connectivity index (χ1v) is 5.02. The van der Waals surface area contributed by atoms with Crippen LogP contribution in [0.5, 0.6) is 0 Å². The Morgan fingerprint density at radius 1 is 1.35 bits per heavy atom. The molecule has 0 bridgehead atoms. The Morgan fingerprint density at radius 2 is 2.12 bits per heavy atom. The minimum absolute atomic E-state index is 0.127. The van der Waals surface area contributed by atoms with Crippen LogP contribution in [0.3, 0.4) is 0 Å². The van der Waals surface area contributed by atoms with E-state index in [-0.39, 0.29) is 5.69 Å². The number of hydrogen-bond donors (Lipinski definition) is 3.